The molecule has 1 aromatic carbocycles. The molecule has 1 atom stereocenters. The molecule has 3 nitrogen and oxygen atoms in total. The minimum Gasteiger partial charge on any atom is -0.352 e. The number of hydrogen-bond acceptors (Lipinski definition) is 3. The fourth-order valence-corrected chi connectivity index (χ4v) is 1.87. The van der Waals surface area contributed by atoms with Gasteiger partial charge in [-0.3, -0.25) is 0 Å². The fourth-order valence-electron chi connectivity index (χ4n) is 1.87. The summed E-state index contributed by atoms with van der Waals surface area (Å²) >= 11 is 0. The summed E-state index contributed by atoms with van der Waals surface area (Å²) in [5.74, 6) is 0. The van der Waals surface area contributed by atoms with Crippen LogP contribution in [0.4, 0.5) is 0 Å². The Morgan fingerprint density at radius 1 is 1.17 bits per heavy atom. The van der Waals surface area contributed by atoms with Crippen LogP contribution < -0.4 is 5.32 Å². The highest BCUT2D eigenvalue weighted by molar-refractivity contribution is 5.24. The molecule has 0 aliphatic heterocycles. The van der Waals surface area contributed by atoms with E-state index in [-0.39, 0.29) is 6.29 Å². The molecule has 0 heterocycles. The Balaban J connectivity index is 2.46. The third-order valence-corrected chi connectivity index (χ3v) is 2.84. The lowest BCUT2D eigenvalue weighted by Crippen LogP contribution is -2.33. The molecule has 0 saturated heterocycles. The minimum absolute atomic E-state index is 0.160. The zero-order chi connectivity index (χ0) is 13.4. The van der Waals surface area contributed by atoms with E-state index in [4.69, 9.17) is 9.47 Å². The van der Waals surface area contributed by atoms with Gasteiger partial charge in [-0.1, -0.05) is 29.8 Å². The van der Waals surface area contributed by atoms with Crippen LogP contribution in [0.5, 0.6) is 0 Å². The number of benzene rings is 1. The molecule has 0 aliphatic carbocycles. The van der Waals surface area contributed by atoms with Crippen LogP contribution in [0, 0.1) is 6.92 Å². The van der Waals surface area contributed by atoms with Crippen LogP contribution >= 0.6 is 0 Å². The second-order valence-corrected chi connectivity index (χ2v) is 4.38. The molecule has 1 rings (SSSR count). The zero-order valence-electron chi connectivity index (χ0n) is 11.9. The maximum Gasteiger partial charge on any atom is 0.169 e. The standard InChI is InChI=1S/C15H25NO2/c1-5-17-15(18-6-2)11-16-13(4)14-9-7-8-12(3)10-14/h7-10,13,15-16H,5-6,11H2,1-4H3/t13-/m1/s1. The molecule has 18 heavy (non-hydrogen) atoms. The largest absolute Gasteiger partial charge is 0.352 e. The average molecular weight is 251 g/mol. The highest BCUT2D eigenvalue weighted by Crippen LogP contribution is 2.13. The van der Waals surface area contributed by atoms with E-state index in [1.807, 2.05) is 13.8 Å². The molecule has 1 aromatic rings. The van der Waals surface area contributed by atoms with Crippen LogP contribution in [0.3, 0.4) is 0 Å². The molecule has 0 aliphatic rings. The van der Waals surface area contributed by atoms with Gasteiger partial charge in [0.2, 0.25) is 0 Å². The molecule has 0 unspecified atom stereocenters. The first-order valence-electron chi connectivity index (χ1n) is 6.70. The van der Waals surface area contributed by atoms with Crippen LogP contribution in [0.25, 0.3) is 0 Å². The quantitative estimate of drug-likeness (QED) is 0.720. The van der Waals surface area contributed by atoms with Crippen molar-refractivity contribution in [1.29, 1.82) is 0 Å². The maximum atomic E-state index is 5.51. The van der Waals surface area contributed by atoms with Crippen molar-refractivity contribution in [2.75, 3.05) is 19.8 Å². The summed E-state index contributed by atoms with van der Waals surface area (Å²) in [4.78, 5) is 0. The molecular formula is C15H25NO2. The van der Waals surface area contributed by atoms with E-state index in [9.17, 15) is 0 Å². The van der Waals surface area contributed by atoms with Gasteiger partial charge in [-0.2, -0.15) is 0 Å². The second-order valence-electron chi connectivity index (χ2n) is 4.38. The molecule has 1 N–H and O–H groups in total. The first kappa shape index (κ1) is 15.2. The maximum absolute atomic E-state index is 5.51. The van der Waals surface area contributed by atoms with E-state index in [1.165, 1.54) is 11.1 Å². The van der Waals surface area contributed by atoms with Gasteiger partial charge in [0.1, 0.15) is 0 Å². The third kappa shape index (κ3) is 5.17. The van der Waals surface area contributed by atoms with Crippen molar-refractivity contribution in [3.8, 4) is 0 Å². The first-order valence-corrected chi connectivity index (χ1v) is 6.70. The van der Waals surface area contributed by atoms with E-state index in [1.54, 1.807) is 0 Å². The summed E-state index contributed by atoms with van der Waals surface area (Å²) in [5.41, 5.74) is 2.58. The number of rotatable bonds is 8. The summed E-state index contributed by atoms with van der Waals surface area (Å²) < 4.78 is 11.0. The number of nitrogens with one attached hydrogen (secondary N) is 1. The van der Waals surface area contributed by atoms with Crippen LogP contribution in [-0.4, -0.2) is 26.0 Å². The van der Waals surface area contributed by atoms with Gasteiger partial charge in [-0.25, -0.2) is 0 Å². The average Bonchev–Trinajstić information content (AvgIpc) is 2.36. The van der Waals surface area contributed by atoms with E-state index in [0.29, 0.717) is 25.8 Å². The Hall–Kier alpha value is -0.900. The van der Waals surface area contributed by atoms with Crippen molar-refractivity contribution in [1.82, 2.24) is 5.32 Å². The monoisotopic (exact) mass is 251 g/mol. The molecule has 0 bridgehead atoms. The Morgan fingerprint density at radius 3 is 2.39 bits per heavy atom. The first-order chi connectivity index (χ1) is 8.67. The SMILES string of the molecule is CCOC(CN[C@H](C)c1cccc(C)c1)OCC. The van der Waals surface area contributed by atoms with Gasteiger partial charge in [-0.15, -0.1) is 0 Å². The van der Waals surface area contributed by atoms with Crippen LogP contribution in [0.2, 0.25) is 0 Å². The highest BCUT2D eigenvalue weighted by Gasteiger charge is 2.11. The van der Waals surface area contributed by atoms with Gasteiger partial charge in [0.25, 0.3) is 0 Å². The van der Waals surface area contributed by atoms with Crippen LogP contribution in [0.1, 0.15) is 37.9 Å². The Kier molecular flexibility index (Phi) is 6.94. The molecule has 0 radical (unpaired) electrons. The fraction of sp³-hybridized carbons (Fsp3) is 0.600. The molecular weight excluding hydrogens is 226 g/mol. The van der Waals surface area contributed by atoms with Crippen molar-refractivity contribution in [2.45, 2.75) is 40.0 Å². The molecule has 0 aromatic heterocycles. The highest BCUT2D eigenvalue weighted by atomic mass is 16.7. The molecule has 0 saturated carbocycles. The third-order valence-electron chi connectivity index (χ3n) is 2.84. The molecule has 0 spiro atoms. The predicted octanol–water partition coefficient (Wildman–Crippen LogP) is 3.04. The van der Waals surface area contributed by atoms with Crippen molar-refractivity contribution in [2.24, 2.45) is 0 Å². The summed E-state index contributed by atoms with van der Waals surface area (Å²) in [5, 5.41) is 3.45. The predicted molar refractivity (Wildman–Crippen MR) is 74.6 cm³/mol. The molecule has 0 fully saturated rings. The number of hydrogen-bond donors (Lipinski definition) is 1. The topological polar surface area (TPSA) is 30.5 Å². The summed E-state index contributed by atoms with van der Waals surface area (Å²) in [6.07, 6.45) is -0.160. The van der Waals surface area contributed by atoms with E-state index in [2.05, 4.69) is 43.4 Å². The lowest BCUT2D eigenvalue weighted by atomic mass is 10.1. The van der Waals surface area contributed by atoms with Crippen LogP contribution in [0.15, 0.2) is 24.3 Å². The molecule has 3 heteroatoms. The van der Waals surface area contributed by atoms with Crippen molar-refractivity contribution >= 4 is 0 Å². The Bertz CT molecular complexity index is 335. The van der Waals surface area contributed by atoms with Crippen LogP contribution in [-0.2, 0) is 9.47 Å². The number of ether oxygens (including phenoxy) is 2. The van der Waals surface area contributed by atoms with E-state index in [0.717, 1.165) is 0 Å². The smallest absolute Gasteiger partial charge is 0.169 e. The van der Waals surface area contributed by atoms with Crippen molar-refractivity contribution in [3.63, 3.8) is 0 Å². The second kappa shape index (κ2) is 8.25. The van der Waals surface area contributed by atoms with Gasteiger partial charge in [0.15, 0.2) is 6.29 Å². The lowest BCUT2D eigenvalue weighted by molar-refractivity contribution is -0.133. The van der Waals surface area contributed by atoms with Gasteiger partial charge in [-0.05, 0) is 33.3 Å². The Morgan fingerprint density at radius 2 is 1.83 bits per heavy atom. The van der Waals surface area contributed by atoms with E-state index < -0.39 is 0 Å². The molecule has 0 amide bonds. The number of aryl methyl sites for hydroxylation is 1. The van der Waals surface area contributed by atoms with Crippen molar-refractivity contribution in [3.05, 3.63) is 35.4 Å². The Labute approximate surface area is 110 Å². The normalized spacial score (nSPS) is 12.9. The van der Waals surface area contributed by atoms with E-state index >= 15 is 0 Å². The summed E-state index contributed by atoms with van der Waals surface area (Å²) in [7, 11) is 0. The summed E-state index contributed by atoms with van der Waals surface area (Å²) in [6, 6.07) is 8.84. The minimum atomic E-state index is -0.160. The zero-order valence-corrected chi connectivity index (χ0v) is 11.9. The molecule has 102 valence electrons. The van der Waals surface area contributed by atoms with Gasteiger partial charge < -0.3 is 14.8 Å². The van der Waals surface area contributed by atoms with Gasteiger partial charge >= 0.3 is 0 Å². The van der Waals surface area contributed by atoms with Gasteiger partial charge in [0.05, 0.1) is 0 Å². The lowest BCUT2D eigenvalue weighted by Gasteiger charge is -2.21. The summed E-state index contributed by atoms with van der Waals surface area (Å²) in [6.45, 7) is 10.3. The van der Waals surface area contributed by atoms with Crippen molar-refractivity contribution < 1.29 is 9.47 Å². The van der Waals surface area contributed by atoms with Gasteiger partial charge in [0, 0.05) is 25.8 Å².